The summed E-state index contributed by atoms with van der Waals surface area (Å²) in [7, 11) is 1.53. The summed E-state index contributed by atoms with van der Waals surface area (Å²) < 4.78 is 4.02. The van der Waals surface area contributed by atoms with Crippen LogP contribution in [0, 0.1) is 0 Å². The molecule has 0 unspecified atom stereocenters. The Morgan fingerprint density at radius 3 is 1.07 bits per heavy atom. The zero-order chi connectivity index (χ0) is 38.5. The minimum atomic E-state index is -1.32. The van der Waals surface area contributed by atoms with E-state index in [1.54, 1.807) is 11.8 Å². The van der Waals surface area contributed by atoms with Crippen molar-refractivity contribution in [1.29, 1.82) is 0 Å². The Morgan fingerprint density at radius 2 is 0.800 bits per heavy atom. The lowest BCUT2D eigenvalue weighted by Gasteiger charge is -2.37. The first-order valence-corrected chi connectivity index (χ1v) is 19.9. The van der Waals surface area contributed by atoms with Crippen molar-refractivity contribution in [2.24, 2.45) is 5.73 Å². The molecule has 0 radical (unpaired) electrons. The molecule has 6 aromatic rings. The lowest BCUT2D eigenvalue weighted by atomic mass is 9.84. The molecule has 0 aliphatic rings. The Morgan fingerprint density at radius 1 is 0.509 bits per heavy atom. The topological polar surface area (TPSA) is 111 Å². The van der Waals surface area contributed by atoms with Gasteiger partial charge >= 0.3 is 6.09 Å². The van der Waals surface area contributed by atoms with Crippen molar-refractivity contribution in [3.8, 4) is 0 Å². The van der Waals surface area contributed by atoms with Crippen LogP contribution in [0.5, 0.6) is 0 Å². The van der Waals surface area contributed by atoms with E-state index in [2.05, 4.69) is 47.0 Å². The van der Waals surface area contributed by atoms with Crippen LogP contribution in [0.15, 0.2) is 182 Å². The van der Waals surface area contributed by atoms with Gasteiger partial charge in [-0.05, 0) is 33.4 Å². The summed E-state index contributed by atoms with van der Waals surface area (Å²) in [5.41, 5.74) is 11.6. The van der Waals surface area contributed by atoms with E-state index in [9.17, 15) is 14.4 Å². The number of carbonyl (C=O) groups excluding carboxylic acids is 3. The van der Waals surface area contributed by atoms with E-state index in [1.807, 2.05) is 146 Å². The molecule has 3 amide bonds. The summed E-state index contributed by atoms with van der Waals surface area (Å²) in [6.45, 7) is 0. The van der Waals surface area contributed by atoms with Crippen molar-refractivity contribution in [2.45, 2.75) is 21.6 Å². The number of benzene rings is 6. The number of amides is 3. The Labute approximate surface area is 331 Å². The number of likely N-dealkylation sites (N-methyl/N-ethyl adjacent to an activating group) is 1. The quantitative estimate of drug-likeness (QED) is 0.0859. The molecule has 6 aromatic carbocycles. The zero-order valence-electron chi connectivity index (χ0n) is 30.4. The smallest absolute Gasteiger partial charge is 0.405 e. The maximum absolute atomic E-state index is 14.3. The molecule has 9 heteroatoms. The maximum atomic E-state index is 14.3. The summed E-state index contributed by atoms with van der Waals surface area (Å²) in [6.07, 6.45) is -2.41. The molecule has 0 heterocycles. The summed E-state index contributed by atoms with van der Waals surface area (Å²) >= 11 is 3.00. The Balaban J connectivity index is 1.34. The number of primary amides is 1. The van der Waals surface area contributed by atoms with Gasteiger partial charge in [0.05, 0.1) is 9.49 Å². The minimum Gasteiger partial charge on any atom is -0.435 e. The normalized spacial score (nSPS) is 12.5. The lowest BCUT2D eigenvalue weighted by molar-refractivity contribution is -0.132. The molecule has 0 saturated heterocycles. The standard InChI is InChI=1S/C46H43N3O4S2/c1-48-42(50)40(32-54-45(34-20-8-2-9-21-34,35-22-10-3-11-23-35)36-24-12-4-13-25-36)49-43(51)41(53-44(47)52)33-55-46(37-26-14-5-15-27-37,38-28-16-6-17-29-38)39-30-18-7-19-31-39/h2-31,40-41H,32-33H2,1H3,(H2,47,52)(H,48,50)(H,49,51)/t40-,41-/m1/s1. The highest BCUT2D eigenvalue weighted by molar-refractivity contribution is 8.01. The Bertz CT molecular complexity index is 1930. The first-order valence-electron chi connectivity index (χ1n) is 18.0. The van der Waals surface area contributed by atoms with Crippen molar-refractivity contribution < 1.29 is 19.1 Å². The van der Waals surface area contributed by atoms with Crippen LogP contribution in [0.4, 0.5) is 4.79 Å². The van der Waals surface area contributed by atoms with Crippen LogP contribution in [0.2, 0.25) is 0 Å². The molecule has 0 fully saturated rings. The third-order valence-corrected chi connectivity index (χ3v) is 12.7. The molecule has 0 aromatic heterocycles. The molecular formula is C46H43N3O4S2. The predicted molar refractivity (Wildman–Crippen MR) is 224 cm³/mol. The summed E-state index contributed by atoms with van der Waals surface area (Å²) in [4.78, 5) is 40.3. The zero-order valence-corrected chi connectivity index (χ0v) is 32.0. The number of rotatable bonds is 16. The number of nitrogens with two attached hydrogens (primary N) is 1. The minimum absolute atomic E-state index is 0.0308. The molecular weight excluding hydrogens is 723 g/mol. The molecule has 0 aliphatic heterocycles. The van der Waals surface area contributed by atoms with Crippen molar-refractivity contribution >= 4 is 41.4 Å². The van der Waals surface area contributed by atoms with E-state index in [1.165, 1.54) is 18.8 Å². The largest absolute Gasteiger partial charge is 0.435 e. The van der Waals surface area contributed by atoms with Crippen LogP contribution in [0.3, 0.4) is 0 Å². The third kappa shape index (κ3) is 8.80. The molecule has 0 aliphatic carbocycles. The van der Waals surface area contributed by atoms with Gasteiger partial charge in [-0.2, -0.15) is 0 Å². The van der Waals surface area contributed by atoms with Crippen LogP contribution in [-0.4, -0.2) is 48.6 Å². The van der Waals surface area contributed by atoms with Crippen LogP contribution < -0.4 is 16.4 Å². The molecule has 0 spiro atoms. The number of ether oxygens (including phenoxy) is 1. The number of thioether (sulfide) groups is 2. The lowest BCUT2D eigenvalue weighted by Crippen LogP contribution is -2.52. The predicted octanol–water partition coefficient (Wildman–Crippen LogP) is 8.13. The molecule has 0 bridgehead atoms. The fraction of sp³-hybridized carbons (Fsp3) is 0.152. The summed E-state index contributed by atoms with van der Waals surface area (Å²) in [5.74, 6) is -0.805. The molecule has 0 saturated carbocycles. The molecule has 6 rings (SSSR count). The van der Waals surface area contributed by atoms with Crippen LogP contribution in [0.1, 0.15) is 33.4 Å². The summed E-state index contributed by atoms with van der Waals surface area (Å²) in [6, 6.07) is 59.4. The number of nitrogens with one attached hydrogen (secondary N) is 2. The van der Waals surface area contributed by atoms with Gasteiger partial charge in [-0.15, -0.1) is 23.5 Å². The molecule has 2 atom stereocenters. The van der Waals surface area contributed by atoms with Gasteiger partial charge in [-0.3, -0.25) is 9.59 Å². The van der Waals surface area contributed by atoms with E-state index in [-0.39, 0.29) is 17.4 Å². The van der Waals surface area contributed by atoms with Gasteiger partial charge in [0.1, 0.15) is 6.04 Å². The number of hydrogen-bond donors (Lipinski definition) is 3. The van der Waals surface area contributed by atoms with Gasteiger partial charge in [-0.1, -0.05) is 182 Å². The maximum Gasteiger partial charge on any atom is 0.405 e. The molecule has 55 heavy (non-hydrogen) atoms. The van der Waals surface area contributed by atoms with E-state index in [0.717, 1.165) is 33.4 Å². The second kappa shape index (κ2) is 18.5. The van der Waals surface area contributed by atoms with E-state index in [0.29, 0.717) is 0 Å². The monoisotopic (exact) mass is 765 g/mol. The average molecular weight is 766 g/mol. The van der Waals surface area contributed by atoms with Crippen molar-refractivity contribution in [1.82, 2.24) is 10.6 Å². The van der Waals surface area contributed by atoms with E-state index in [4.69, 9.17) is 10.5 Å². The fourth-order valence-corrected chi connectivity index (χ4v) is 9.96. The van der Waals surface area contributed by atoms with Crippen molar-refractivity contribution in [3.05, 3.63) is 215 Å². The first-order chi connectivity index (χ1) is 26.9. The van der Waals surface area contributed by atoms with Crippen LogP contribution in [0.25, 0.3) is 0 Å². The van der Waals surface area contributed by atoms with Gasteiger partial charge < -0.3 is 21.1 Å². The Hall–Kier alpha value is -5.77. The van der Waals surface area contributed by atoms with E-state index < -0.39 is 33.6 Å². The van der Waals surface area contributed by atoms with E-state index >= 15 is 0 Å². The first kappa shape index (κ1) is 38.9. The average Bonchev–Trinajstić information content (AvgIpc) is 3.25. The van der Waals surface area contributed by atoms with Crippen molar-refractivity contribution in [2.75, 3.05) is 18.6 Å². The summed E-state index contributed by atoms with van der Waals surface area (Å²) in [5, 5.41) is 5.66. The SMILES string of the molecule is CNC(=O)[C@@H](CSC(c1ccccc1)(c1ccccc1)c1ccccc1)NC(=O)[C@@H](CSC(c1ccccc1)(c1ccccc1)c1ccccc1)OC(N)=O. The van der Waals surface area contributed by atoms with Crippen molar-refractivity contribution in [3.63, 3.8) is 0 Å². The van der Waals surface area contributed by atoms with Gasteiger partial charge in [0.25, 0.3) is 5.91 Å². The van der Waals surface area contributed by atoms with Crippen LogP contribution >= 0.6 is 23.5 Å². The van der Waals surface area contributed by atoms with Gasteiger partial charge in [-0.25, -0.2) is 4.79 Å². The number of hydrogen-bond acceptors (Lipinski definition) is 6. The van der Waals surface area contributed by atoms with Gasteiger partial charge in [0.2, 0.25) is 5.91 Å². The highest BCUT2D eigenvalue weighted by atomic mass is 32.2. The fourth-order valence-electron chi connectivity index (χ4n) is 6.87. The highest BCUT2D eigenvalue weighted by Crippen LogP contribution is 2.50. The highest BCUT2D eigenvalue weighted by Gasteiger charge is 2.41. The Kier molecular flexibility index (Phi) is 13.1. The second-order valence-electron chi connectivity index (χ2n) is 12.8. The van der Waals surface area contributed by atoms with Gasteiger partial charge in [0, 0.05) is 18.6 Å². The third-order valence-electron chi connectivity index (χ3n) is 9.43. The van der Waals surface area contributed by atoms with Crippen LogP contribution in [-0.2, 0) is 23.8 Å². The molecule has 7 nitrogen and oxygen atoms in total. The molecule has 278 valence electrons. The number of carbonyl (C=O) groups is 3. The molecule has 4 N–H and O–H groups in total. The van der Waals surface area contributed by atoms with Gasteiger partial charge in [0.15, 0.2) is 6.10 Å². The second-order valence-corrected chi connectivity index (χ2v) is 15.3.